The van der Waals surface area contributed by atoms with Gasteiger partial charge in [-0.2, -0.15) is 5.10 Å². The van der Waals surface area contributed by atoms with Crippen molar-refractivity contribution in [2.75, 3.05) is 7.11 Å². The van der Waals surface area contributed by atoms with Crippen LogP contribution in [0.2, 0.25) is 0 Å². The summed E-state index contributed by atoms with van der Waals surface area (Å²) in [7, 11) is 1.32. The fraction of sp³-hybridized carbons (Fsp3) is 0.250. The molecule has 0 spiro atoms. The predicted molar refractivity (Wildman–Crippen MR) is 126 cm³/mol. The van der Waals surface area contributed by atoms with Crippen LogP contribution >= 0.6 is 11.3 Å². The Labute approximate surface area is 195 Å². The minimum atomic E-state index is -0.720. The van der Waals surface area contributed by atoms with Crippen LogP contribution in [-0.2, 0) is 20.7 Å². The molecule has 0 aliphatic heterocycles. The van der Waals surface area contributed by atoms with Gasteiger partial charge in [0.15, 0.2) is 0 Å². The maximum absolute atomic E-state index is 12.6. The van der Waals surface area contributed by atoms with E-state index in [0.717, 1.165) is 4.88 Å². The van der Waals surface area contributed by atoms with E-state index in [1.54, 1.807) is 36.4 Å². The number of methoxy groups -OCH3 is 1. The smallest absolute Gasteiger partial charge is 0.337 e. The Balaban J connectivity index is 1.59. The van der Waals surface area contributed by atoms with E-state index in [0.29, 0.717) is 22.6 Å². The number of hydrogen-bond donors (Lipinski definition) is 2. The summed E-state index contributed by atoms with van der Waals surface area (Å²) < 4.78 is 10.5. The molecule has 0 saturated carbocycles. The molecule has 3 aromatic rings. The first kappa shape index (κ1) is 23.9. The fourth-order valence-corrected chi connectivity index (χ4v) is 3.76. The summed E-state index contributed by atoms with van der Waals surface area (Å²) >= 11 is 1.49. The minimum absolute atomic E-state index is 0.121. The third-order valence-corrected chi connectivity index (χ3v) is 5.62. The van der Waals surface area contributed by atoms with Crippen LogP contribution in [-0.4, -0.2) is 37.1 Å². The first-order valence-electron chi connectivity index (χ1n) is 10.3. The van der Waals surface area contributed by atoms with E-state index in [1.807, 2.05) is 31.4 Å². The second kappa shape index (κ2) is 11.2. The van der Waals surface area contributed by atoms with Crippen molar-refractivity contribution < 1.29 is 23.5 Å². The summed E-state index contributed by atoms with van der Waals surface area (Å²) in [4.78, 5) is 37.5. The molecule has 2 aromatic heterocycles. The molecule has 0 fully saturated rings. The Hall–Kier alpha value is -3.72. The molecule has 0 saturated heterocycles. The van der Waals surface area contributed by atoms with E-state index in [-0.39, 0.29) is 18.2 Å². The van der Waals surface area contributed by atoms with Gasteiger partial charge in [0, 0.05) is 10.4 Å². The van der Waals surface area contributed by atoms with Gasteiger partial charge in [-0.15, -0.1) is 11.3 Å². The van der Waals surface area contributed by atoms with Gasteiger partial charge in [-0.3, -0.25) is 9.59 Å². The van der Waals surface area contributed by atoms with Gasteiger partial charge in [0.2, 0.25) is 5.91 Å². The fourth-order valence-electron chi connectivity index (χ4n) is 3.05. The number of thiophene rings is 1. The normalized spacial score (nSPS) is 12.0. The molecule has 9 heteroatoms. The molecule has 2 heterocycles. The van der Waals surface area contributed by atoms with Gasteiger partial charge in [0.1, 0.15) is 17.6 Å². The SMILES string of the molecule is COC(=O)c1cccc(-c2ccc(/C=N/NC(=O)C(NC(=O)Cc3cccs3)C(C)C)o2)c1. The third kappa shape index (κ3) is 6.63. The van der Waals surface area contributed by atoms with E-state index in [9.17, 15) is 14.4 Å². The number of hydrazone groups is 1. The zero-order valence-electron chi connectivity index (χ0n) is 18.5. The lowest BCUT2D eigenvalue weighted by molar-refractivity contribution is -0.129. The summed E-state index contributed by atoms with van der Waals surface area (Å²) in [5.74, 6) is -0.246. The van der Waals surface area contributed by atoms with E-state index in [2.05, 4.69) is 15.8 Å². The number of esters is 1. The molecule has 0 bridgehead atoms. The highest BCUT2D eigenvalue weighted by Gasteiger charge is 2.24. The quantitative estimate of drug-likeness (QED) is 0.284. The summed E-state index contributed by atoms with van der Waals surface area (Å²) in [5.41, 5.74) is 3.57. The average molecular weight is 468 g/mol. The number of amides is 2. The number of benzene rings is 1. The predicted octanol–water partition coefficient (Wildman–Crippen LogP) is 3.63. The van der Waals surface area contributed by atoms with Crippen molar-refractivity contribution in [3.05, 3.63) is 70.1 Å². The number of nitrogens with one attached hydrogen (secondary N) is 2. The molecule has 0 aliphatic carbocycles. The Morgan fingerprint density at radius 2 is 1.97 bits per heavy atom. The van der Waals surface area contributed by atoms with Crippen LogP contribution < -0.4 is 10.7 Å². The lowest BCUT2D eigenvalue weighted by atomic mass is 10.0. The van der Waals surface area contributed by atoms with Crippen molar-refractivity contribution in [1.29, 1.82) is 0 Å². The molecule has 8 nitrogen and oxygen atoms in total. The van der Waals surface area contributed by atoms with Crippen LogP contribution in [0, 0.1) is 5.92 Å². The zero-order valence-corrected chi connectivity index (χ0v) is 19.3. The van der Waals surface area contributed by atoms with Crippen molar-refractivity contribution in [2.24, 2.45) is 11.0 Å². The molecule has 1 unspecified atom stereocenters. The first-order valence-corrected chi connectivity index (χ1v) is 11.2. The maximum Gasteiger partial charge on any atom is 0.337 e. The Kier molecular flexibility index (Phi) is 8.15. The topological polar surface area (TPSA) is 110 Å². The number of nitrogens with zero attached hydrogens (tertiary/aromatic N) is 1. The molecule has 0 radical (unpaired) electrons. The van der Waals surface area contributed by atoms with Crippen molar-refractivity contribution in [1.82, 2.24) is 10.7 Å². The van der Waals surface area contributed by atoms with E-state index in [4.69, 9.17) is 9.15 Å². The Morgan fingerprint density at radius 1 is 1.15 bits per heavy atom. The maximum atomic E-state index is 12.6. The van der Waals surface area contributed by atoms with E-state index in [1.165, 1.54) is 24.7 Å². The number of furan rings is 1. The molecule has 172 valence electrons. The zero-order chi connectivity index (χ0) is 23.8. The highest BCUT2D eigenvalue weighted by atomic mass is 32.1. The van der Waals surface area contributed by atoms with E-state index >= 15 is 0 Å². The second-order valence-electron chi connectivity index (χ2n) is 7.55. The number of rotatable bonds is 9. The highest BCUT2D eigenvalue weighted by Crippen LogP contribution is 2.23. The number of ether oxygens (including phenoxy) is 1. The largest absolute Gasteiger partial charge is 0.465 e. The highest BCUT2D eigenvalue weighted by molar-refractivity contribution is 7.10. The van der Waals surface area contributed by atoms with Gasteiger partial charge < -0.3 is 14.5 Å². The van der Waals surface area contributed by atoms with Crippen LogP contribution in [0.5, 0.6) is 0 Å². The molecular weight excluding hydrogens is 442 g/mol. The molecular formula is C24H25N3O5S. The van der Waals surface area contributed by atoms with Crippen LogP contribution in [0.4, 0.5) is 0 Å². The monoisotopic (exact) mass is 467 g/mol. The molecule has 2 amide bonds. The van der Waals surface area contributed by atoms with Crippen LogP contribution in [0.1, 0.15) is 34.8 Å². The van der Waals surface area contributed by atoms with Gasteiger partial charge in [-0.1, -0.05) is 32.0 Å². The van der Waals surface area contributed by atoms with Gasteiger partial charge >= 0.3 is 5.97 Å². The first-order chi connectivity index (χ1) is 15.9. The van der Waals surface area contributed by atoms with Gasteiger partial charge in [-0.25, -0.2) is 10.2 Å². The van der Waals surface area contributed by atoms with Crippen LogP contribution in [0.15, 0.2) is 63.4 Å². The second-order valence-corrected chi connectivity index (χ2v) is 8.59. The van der Waals surface area contributed by atoms with Crippen molar-refractivity contribution in [3.8, 4) is 11.3 Å². The average Bonchev–Trinajstić information content (AvgIpc) is 3.49. The molecule has 0 aliphatic rings. The third-order valence-electron chi connectivity index (χ3n) is 4.74. The minimum Gasteiger partial charge on any atom is -0.465 e. The molecule has 1 atom stereocenters. The standard InChI is InChI=1S/C24H25N3O5S/c1-15(2)22(26-21(28)13-19-8-5-11-33-19)23(29)27-25-14-18-9-10-20(32-18)16-6-4-7-17(12-16)24(30)31-3/h4-12,14-15,22H,13H2,1-3H3,(H,26,28)(H,27,29)/b25-14+. The molecule has 33 heavy (non-hydrogen) atoms. The summed E-state index contributed by atoms with van der Waals surface area (Å²) in [6.45, 7) is 3.70. The van der Waals surface area contributed by atoms with Crippen molar-refractivity contribution in [3.63, 3.8) is 0 Å². The lowest BCUT2D eigenvalue weighted by Crippen LogP contribution is -2.49. The van der Waals surface area contributed by atoms with Crippen LogP contribution in [0.25, 0.3) is 11.3 Å². The van der Waals surface area contributed by atoms with Crippen LogP contribution in [0.3, 0.4) is 0 Å². The number of carbonyl (C=O) groups excluding carboxylic acids is 3. The summed E-state index contributed by atoms with van der Waals surface area (Å²) in [5, 5.41) is 8.62. The van der Waals surface area contributed by atoms with Crippen molar-refractivity contribution >= 4 is 35.3 Å². The lowest BCUT2D eigenvalue weighted by Gasteiger charge is -2.20. The Bertz CT molecular complexity index is 1130. The Morgan fingerprint density at radius 3 is 2.67 bits per heavy atom. The van der Waals surface area contributed by atoms with E-state index < -0.39 is 17.9 Å². The van der Waals surface area contributed by atoms with Crippen molar-refractivity contribution in [2.45, 2.75) is 26.3 Å². The molecule has 1 aromatic carbocycles. The summed E-state index contributed by atoms with van der Waals surface area (Å²) in [6, 6.07) is 13.3. The molecule has 2 N–H and O–H groups in total. The number of carbonyl (C=O) groups is 3. The number of hydrogen-bond acceptors (Lipinski definition) is 7. The molecule has 3 rings (SSSR count). The summed E-state index contributed by atoms with van der Waals surface area (Å²) in [6.07, 6.45) is 1.60. The van der Waals surface area contributed by atoms with Gasteiger partial charge in [0.05, 0.1) is 25.3 Å². The van der Waals surface area contributed by atoms with Gasteiger partial charge in [-0.05, 0) is 41.6 Å². The van der Waals surface area contributed by atoms with Gasteiger partial charge in [0.25, 0.3) is 5.91 Å².